The Morgan fingerprint density at radius 3 is 2.89 bits per heavy atom. The molecule has 0 saturated carbocycles. The summed E-state index contributed by atoms with van der Waals surface area (Å²) < 4.78 is 16.5. The molecule has 8 heteroatoms. The van der Waals surface area contributed by atoms with Crippen molar-refractivity contribution in [3.63, 3.8) is 0 Å². The Hall–Kier alpha value is -2.93. The molecule has 2 aromatic rings. The number of carbonyl (C=O) groups is 2. The quantitative estimate of drug-likeness (QED) is 0.844. The van der Waals surface area contributed by atoms with Gasteiger partial charge in [0.05, 0.1) is 17.1 Å². The maximum Gasteiger partial charge on any atom is 0.265 e. The summed E-state index contributed by atoms with van der Waals surface area (Å²) in [5.74, 6) is 1.17. The molecular weight excluding hydrogens is 372 g/mol. The first-order valence-corrected chi connectivity index (χ1v) is 8.87. The highest BCUT2D eigenvalue weighted by Gasteiger charge is 2.24. The van der Waals surface area contributed by atoms with Crippen molar-refractivity contribution in [2.45, 2.75) is 19.4 Å². The predicted octanol–water partition coefficient (Wildman–Crippen LogP) is 3.01. The molecule has 7 nitrogen and oxygen atoms in total. The van der Waals surface area contributed by atoms with E-state index in [2.05, 4.69) is 10.6 Å². The van der Waals surface area contributed by atoms with Gasteiger partial charge in [-0.1, -0.05) is 11.6 Å². The lowest BCUT2D eigenvalue weighted by Gasteiger charge is -2.23. The molecule has 2 aliphatic heterocycles. The molecule has 2 heterocycles. The number of rotatable bonds is 3. The summed E-state index contributed by atoms with van der Waals surface area (Å²) in [4.78, 5) is 24.1. The molecule has 0 bridgehead atoms. The molecule has 0 fully saturated rings. The normalized spacial score (nSPS) is 17.4. The smallest absolute Gasteiger partial charge is 0.265 e. The maximum atomic E-state index is 12.4. The summed E-state index contributed by atoms with van der Waals surface area (Å²) >= 11 is 6.21. The van der Waals surface area contributed by atoms with Crippen LogP contribution in [0.25, 0.3) is 0 Å². The minimum atomic E-state index is -0.544. The zero-order chi connectivity index (χ0) is 19.0. The lowest BCUT2D eigenvalue weighted by atomic mass is 10.1. The Labute approximate surface area is 160 Å². The van der Waals surface area contributed by atoms with Crippen LogP contribution in [0.2, 0.25) is 5.02 Å². The van der Waals surface area contributed by atoms with E-state index in [0.29, 0.717) is 52.4 Å². The average Bonchev–Trinajstić information content (AvgIpc) is 2.63. The monoisotopic (exact) mass is 388 g/mol. The van der Waals surface area contributed by atoms with Crippen molar-refractivity contribution >= 4 is 34.8 Å². The SMILES string of the molecule is CC1Oc2ccc(NC(=O)Cc3cc(Cl)c4c(c3)OCCO4)cc2NC1=O. The number of amides is 2. The Morgan fingerprint density at radius 1 is 1.22 bits per heavy atom. The van der Waals surface area contributed by atoms with Gasteiger partial charge >= 0.3 is 0 Å². The average molecular weight is 389 g/mol. The molecule has 0 radical (unpaired) electrons. The van der Waals surface area contributed by atoms with Crippen molar-refractivity contribution in [1.29, 1.82) is 0 Å². The standard InChI is InChI=1S/C19H17ClN2O5/c1-10-19(24)22-14-9-12(2-3-15(14)27-10)21-17(23)8-11-6-13(20)18-16(7-11)25-4-5-26-18/h2-3,6-7,9-10H,4-5,8H2,1H3,(H,21,23)(H,22,24). The number of halogens is 1. The largest absolute Gasteiger partial charge is 0.486 e. The van der Waals surface area contributed by atoms with Crippen LogP contribution in [0.3, 0.4) is 0 Å². The summed E-state index contributed by atoms with van der Waals surface area (Å²) in [5.41, 5.74) is 1.80. The molecule has 2 aromatic carbocycles. The molecule has 140 valence electrons. The third kappa shape index (κ3) is 3.64. The van der Waals surface area contributed by atoms with Gasteiger partial charge in [0.25, 0.3) is 5.91 Å². The molecular formula is C19H17ClN2O5. The van der Waals surface area contributed by atoms with E-state index in [1.165, 1.54) is 0 Å². The zero-order valence-corrected chi connectivity index (χ0v) is 15.3. The van der Waals surface area contributed by atoms with Gasteiger partial charge in [-0.05, 0) is 42.8 Å². The van der Waals surface area contributed by atoms with Crippen LogP contribution in [-0.4, -0.2) is 31.1 Å². The fourth-order valence-corrected chi connectivity index (χ4v) is 3.23. The van der Waals surface area contributed by atoms with E-state index >= 15 is 0 Å². The molecule has 0 spiro atoms. The van der Waals surface area contributed by atoms with Crippen LogP contribution < -0.4 is 24.8 Å². The van der Waals surface area contributed by atoms with E-state index in [1.807, 2.05) is 0 Å². The summed E-state index contributed by atoms with van der Waals surface area (Å²) in [6.45, 7) is 2.57. The van der Waals surface area contributed by atoms with Crippen LogP contribution in [0.4, 0.5) is 11.4 Å². The molecule has 2 amide bonds. The highest BCUT2D eigenvalue weighted by Crippen LogP contribution is 2.38. The fourth-order valence-electron chi connectivity index (χ4n) is 2.94. The van der Waals surface area contributed by atoms with Crippen LogP contribution in [0.1, 0.15) is 12.5 Å². The Morgan fingerprint density at radius 2 is 2.04 bits per heavy atom. The van der Waals surface area contributed by atoms with Crippen LogP contribution in [0.5, 0.6) is 17.2 Å². The number of carbonyl (C=O) groups excluding carboxylic acids is 2. The van der Waals surface area contributed by atoms with Gasteiger partial charge in [0.1, 0.15) is 19.0 Å². The van der Waals surface area contributed by atoms with E-state index in [0.717, 1.165) is 0 Å². The molecule has 27 heavy (non-hydrogen) atoms. The van der Waals surface area contributed by atoms with Crippen molar-refractivity contribution in [1.82, 2.24) is 0 Å². The lowest BCUT2D eigenvalue weighted by Crippen LogP contribution is -2.34. The number of hydrogen-bond donors (Lipinski definition) is 2. The third-order valence-electron chi connectivity index (χ3n) is 4.22. The first-order valence-electron chi connectivity index (χ1n) is 8.49. The van der Waals surface area contributed by atoms with E-state index in [1.54, 1.807) is 37.3 Å². The van der Waals surface area contributed by atoms with Gasteiger partial charge in [0.15, 0.2) is 17.6 Å². The fraction of sp³-hybridized carbons (Fsp3) is 0.263. The first-order chi connectivity index (χ1) is 13.0. The summed E-state index contributed by atoms with van der Waals surface area (Å²) in [6.07, 6.45) is -0.425. The van der Waals surface area contributed by atoms with Gasteiger partial charge in [0, 0.05) is 5.69 Å². The molecule has 1 unspecified atom stereocenters. The molecule has 0 aliphatic carbocycles. The van der Waals surface area contributed by atoms with Gasteiger partial charge in [-0.15, -0.1) is 0 Å². The molecule has 2 N–H and O–H groups in total. The van der Waals surface area contributed by atoms with Gasteiger partial charge in [-0.2, -0.15) is 0 Å². The maximum absolute atomic E-state index is 12.4. The second kappa shape index (κ2) is 7.00. The van der Waals surface area contributed by atoms with Crippen LogP contribution in [0.15, 0.2) is 30.3 Å². The molecule has 0 saturated heterocycles. The highest BCUT2D eigenvalue weighted by atomic mass is 35.5. The Kier molecular flexibility index (Phi) is 4.53. The lowest BCUT2D eigenvalue weighted by molar-refractivity contribution is -0.122. The number of ether oxygens (including phenoxy) is 3. The summed E-state index contributed by atoms with van der Waals surface area (Å²) in [7, 11) is 0. The van der Waals surface area contributed by atoms with Crippen molar-refractivity contribution in [2.24, 2.45) is 0 Å². The Balaban J connectivity index is 1.46. The van der Waals surface area contributed by atoms with Gasteiger partial charge in [-0.25, -0.2) is 0 Å². The van der Waals surface area contributed by atoms with E-state index in [4.69, 9.17) is 25.8 Å². The highest BCUT2D eigenvalue weighted by molar-refractivity contribution is 6.32. The number of fused-ring (bicyclic) bond motifs is 2. The minimum Gasteiger partial charge on any atom is -0.486 e. The van der Waals surface area contributed by atoms with Crippen molar-refractivity contribution in [2.75, 3.05) is 23.8 Å². The van der Waals surface area contributed by atoms with Gasteiger partial charge in [-0.3, -0.25) is 9.59 Å². The first kappa shape index (κ1) is 17.5. The predicted molar refractivity (Wildman–Crippen MR) is 99.9 cm³/mol. The number of benzene rings is 2. The molecule has 2 aliphatic rings. The molecule has 4 rings (SSSR count). The summed E-state index contributed by atoms with van der Waals surface area (Å²) in [6, 6.07) is 8.53. The topological polar surface area (TPSA) is 85.9 Å². The summed E-state index contributed by atoms with van der Waals surface area (Å²) in [5, 5.41) is 5.97. The Bertz CT molecular complexity index is 931. The number of hydrogen-bond acceptors (Lipinski definition) is 5. The molecule has 1 atom stereocenters. The molecule has 0 aromatic heterocycles. The van der Waals surface area contributed by atoms with E-state index in [9.17, 15) is 9.59 Å². The second-order valence-electron chi connectivity index (χ2n) is 6.29. The van der Waals surface area contributed by atoms with Gasteiger partial charge in [0.2, 0.25) is 5.91 Å². The van der Waals surface area contributed by atoms with Crippen LogP contribution >= 0.6 is 11.6 Å². The van der Waals surface area contributed by atoms with E-state index < -0.39 is 6.10 Å². The number of nitrogens with one attached hydrogen (secondary N) is 2. The van der Waals surface area contributed by atoms with Crippen LogP contribution in [0, 0.1) is 0 Å². The van der Waals surface area contributed by atoms with Gasteiger partial charge < -0.3 is 24.8 Å². The van der Waals surface area contributed by atoms with Crippen molar-refractivity contribution < 1.29 is 23.8 Å². The van der Waals surface area contributed by atoms with Crippen LogP contribution in [-0.2, 0) is 16.0 Å². The second-order valence-corrected chi connectivity index (χ2v) is 6.69. The van der Waals surface area contributed by atoms with Crippen molar-refractivity contribution in [3.05, 3.63) is 40.9 Å². The zero-order valence-electron chi connectivity index (χ0n) is 14.5. The third-order valence-corrected chi connectivity index (χ3v) is 4.50. The number of anilines is 2. The minimum absolute atomic E-state index is 0.118. The van der Waals surface area contributed by atoms with E-state index in [-0.39, 0.29) is 18.2 Å². The van der Waals surface area contributed by atoms with Crippen molar-refractivity contribution in [3.8, 4) is 17.2 Å².